The Hall–Kier alpha value is -1.48. The normalized spacial score (nSPS) is 26.7. The number of fused-ring (bicyclic) bond motifs is 1. The number of amides is 1. The van der Waals surface area contributed by atoms with Gasteiger partial charge < -0.3 is 10.1 Å². The lowest BCUT2D eigenvalue weighted by Crippen LogP contribution is -2.36. The highest BCUT2D eigenvalue weighted by atomic mass is 35.5. The van der Waals surface area contributed by atoms with E-state index < -0.39 is 0 Å². The van der Waals surface area contributed by atoms with Gasteiger partial charge in [-0.1, -0.05) is 17.7 Å². The highest BCUT2D eigenvalue weighted by Gasteiger charge is 2.44. The zero-order valence-corrected chi connectivity index (χ0v) is 12.9. The number of carbonyl (C=O) groups is 1. The summed E-state index contributed by atoms with van der Waals surface area (Å²) < 4.78 is 5.21. The second kappa shape index (κ2) is 6.10. The second-order valence-corrected chi connectivity index (χ2v) is 6.34. The van der Waals surface area contributed by atoms with Crippen LogP contribution in [0.25, 0.3) is 6.08 Å². The summed E-state index contributed by atoms with van der Waals surface area (Å²) in [5.41, 5.74) is 1.44. The number of halogens is 1. The first-order chi connectivity index (χ1) is 10.2. The smallest absolute Gasteiger partial charge is 0.252 e. The van der Waals surface area contributed by atoms with Gasteiger partial charge in [0, 0.05) is 16.6 Å². The Bertz CT molecular complexity index is 564. The van der Waals surface area contributed by atoms with Crippen LogP contribution in [0, 0.1) is 11.8 Å². The van der Waals surface area contributed by atoms with Crippen LogP contribution in [0.2, 0.25) is 5.02 Å². The maximum absolute atomic E-state index is 12.5. The molecule has 0 spiro atoms. The molecule has 1 aromatic rings. The predicted octanol–water partition coefficient (Wildman–Crippen LogP) is 3.88. The Morgan fingerprint density at radius 3 is 2.90 bits per heavy atom. The third-order valence-corrected chi connectivity index (χ3v) is 4.75. The van der Waals surface area contributed by atoms with Gasteiger partial charge >= 0.3 is 0 Å². The van der Waals surface area contributed by atoms with Crippen LogP contribution in [0.3, 0.4) is 0 Å². The Morgan fingerprint density at radius 1 is 1.43 bits per heavy atom. The van der Waals surface area contributed by atoms with Gasteiger partial charge in [0.2, 0.25) is 0 Å². The van der Waals surface area contributed by atoms with Crippen LogP contribution in [0.5, 0.6) is 0 Å². The fraction of sp³-hybridized carbons (Fsp3) is 0.471. The van der Waals surface area contributed by atoms with Gasteiger partial charge in [-0.25, -0.2) is 0 Å². The summed E-state index contributed by atoms with van der Waals surface area (Å²) in [7, 11) is 0. The lowest BCUT2D eigenvalue weighted by atomic mass is 9.84. The number of carbonyl (C=O) groups excluding carboxylic acids is 1. The number of ether oxygens (including phenoxy) is 1. The first-order valence-electron chi connectivity index (χ1n) is 7.56. The molecule has 3 saturated carbocycles. The summed E-state index contributed by atoms with van der Waals surface area (Å²) in [6, 6.07) is 5.70. The predicted molar refractivity (Wildman–Crippen MR) is 84.2 cm³/mol. The fourth-order valence-electron chi connectivity index (χ4n) is 3.37. The molecule has 4 heteroatoms. The third kappa shape index (κ3) is 3.08. The average Bonchev–Trinajstić information content (AvgIpc) is 2.99. The Morgan fingerprint density at radius 2 is 2.24 bits per heavy atom. The lowest BCUT2D eigenvalue weighted by Gasteiger charge is -2.24. The second-order valence-electron chi connectivity index (χ2n) is 5.90. The van der Waals surface area contributed by atoms with E-state index in [0.29, 0.717) is 29.2 Å². The third-order valence-electron chi connectivity index (χ3n) is 4.52. The van der Waals surface area contributed by atoms with Gasteiger partial charge in [-0.05, 0) is 61.8 Å². The molecular formula is C17H20ClNO2. The molecule has 1 N–H and O–H groups in total. The summed E-state index contributed by atoms with van der Waals surface area (Å²) in [4.78, 5) is 12.5. The van der Waals surface area contributed by atoms with Gasteiger partial charge in [-0.3, -0.25) is 4.79 Å². The first kappa shape index (κ1) is 14.5. The molecule has 0 aliphatic heterocycles. The SMILES string of the molecule is CCO/C=C/c1ccc(Cl)cc1C(=O)NC1CC2CC1C2. The molecule has 0 radical (unpaired) electrons. The summed E-state index contributed by atoms with van der Waals surface area (Å²) in [5.74, 6) is 1.48. The number of rotatable bonds is 5. The zero-order valence-electron chi connectivity index (χ0n) is 12.1. The van der Waals surface area contributed by atoms with E-state index in [1.165, 1.54) is 12.8 Å². The van der Waals surface area contributed by atoms with Crippen molar-refractivity contribution in [2.75, 3.05) is 6.61 Å². The molecular weight excluding hydrogens is 286 g/mol. The Labute approximate surface area is 130 Å². The molecule has 1 amide bonds. The highest BCUT2D eigenvalue weighted by molar-refractivity contribution is 6.31. The van der Waals surface area contributed by atoms with Crippen LogP contribution in [-0.2, 0) is 4.74 Å². The van der Waals surface area contributed by atoms with Gasteiger partial charge in [-0.15, -0.1) is 0 Å². The van der Waals surface area contributed by atoms with Crippen molar-refractivity contribution in [3.63, 3.8) is 0 Å². The molecule has 3 aliphatic rings. The van der Waals surface area contributed by atoms with Gasteiger partial charge in [0.25, 0.3) is 5.91 Å². The standard InChI is InChI=1S/C17H20ClNO2/c1-2-21-6-5-12-3-4-14(18)10-15(12)17(20)19-16-9-11-7-13(16)8-11/h3-6,10-11,13,16H,2,7-9H2,1H3,(H,19,20)/b6-5+. The first-order valence-corrected chi connectivity index (χ1v) is 7.93. The van der Waals surface area contributed by atoms with Gasteiger partial charge in [0.1, 0.15) is 0 Å². The molecule has 3 aliphatic carbocycles. The summed E-state index contributed by atoms with van der Waals surface area (Å²) in [6.45, 7) is 2.53. The van der Waals surface area contributed by atoms with Crippen LogP contribution < -0.4 is 5.32 Å². The number of hydrogen-bond donors (Lipinski definition) is 1. The van der Waals surface area contributed by atoms with E-state index in [2.05, 4.69) is 5.32 Å². The van der Waals surface area contributed by atoms with E-state index in [1.54, 1.807) is 18.4 Å². The van der Waals surface area contributed by atoms with E-state index in [-0.39, 0.29) is 5.91 Å². The minimum Gasteiger partial charge on any atom is -0.501 e. The van der Waals surface area contributed by atoms with Crippen LogP contribution >= 0.6 is 11.6 Å². The summed E-state index contributed by atoms with van der Waals surface area (Å²) >= 11 is 6.04. The number of nitrogens with one attached hydrogen (secondary N) is 1. The van der Waals surface area contributed by atoms with Crippen molar-refractivity contribution in [2.45, 2.75) is 32.2 Å². The van der Waals surface area contributed by atoms with Crippen molar-refractivity contribution in [1.29, 1.82) is 0 Å². The quantitative estimate of drug-likeness (QED) is 0.839. The van der Waals surface area contributed by atoms with Crippen molar-refractivity contribution in [1.82, 2.24) is 5.32 Å². The molecule has 1 aromatic carbocycles. The minimum absolute atomic E-state index is 0.0359. The van der Waals surface area contributed by atoms with E-state index in [9.17, 15) is 4.79 Å². The van der Waals surface area contributed by atoms with Crippen LogP contribution in [0.1, 0.15) is 42.1 Å². The van der Waals surface area contributed by atoms with Crippen LogP contribution in [0.4, 0.5) is 0 Å². The lowest BCUT2D eigenvalue weighted by molar-refractivity contribution is 0.0928. The van der Waals surface area contributed by atoms with E-state index in [4.69, 9.17) is 16.3 Å². The maximum atomic E-state index is 12.5. The van der Waals surface area contributed by atoms with E-state index in [1.807, 2.05) is 19.1 Å². The molecule has 0 aromatic heterocycles. The molecule has 2 bridgehead atoms. The summed E-state index contributed by atoms with van der Waals surface area (Å²) in [6.07, 6.45) is 7.10. The maximum Gasteiger partial charge on any atom is 0.252 e. The molecule has 0 heterocycles. The van der Waals surface area contributed by atoms with Crippen molar-refractivity contribution < 1.29 is 9.53 Å². The van der Waals surface area contributed by atoms with Crippen molar-refractivity contribution >= 4 is 23.6 Å². The van der Waals surface area contributed by atoms with Gasteiger partial charge in [-0.2, -0.15) is 0 Å². The van der Waals surface area contributed by atoms with Gasteiger partial charge in [0.15, 0.2) is 0 Å². The van der Waals surface area contributed by atoms with Gasteiger partial charge in [0.05, 0.1) is 12.9 Å². The molecule has 0 saturated heterocycles. The largest absolute Gasteiger partial charge is 0.501 e. The van der Waals surface area contributed by atoms with Crippen molar-refractivity contribution in [2.24, 2.45) is 11.8 Å². The molecule has 4 rings (SSSR count). The zero-order chi connectivity index (χ0) is 14.8. The molecule has 112 valence electrons. The topological polar surface area (TPSA) is 38.3 Å². The molecule has 1 unspecified atom stereocenters. The van der Waals surface area contributed by atoms with Crippen LogP contribution in [-0.4, -0.2) is 18.6 Å². The Balaban J connectivity index is 1.75. The molecule has 1 atom stereocenters. The van der Waals surface area contributed by atoms with E-state index in [0.717, 1.165) is 17.9 Å². The van der Waals surface area contributed by atoms with Crippen molar-refractivity contribution in [3.05, 3.63) is 40.6 Å². The highest BCUT2D eigenvalue weighted by Crippen LogP contribution is 2.48. The summed E-state index contributed by atoms with van der Waals surface area (Å²) in [5, 5.41) is 3.75. The molecule has 3 fully saturated rings. The Kier molecular flexibility index (Phi) is 4.20. The monoisotopic (exact) mass is 305 g/mol. The number of benzene rings is 1. The fourth-order valence-corrected chi connectivity index (χ4v) is 3.54. The minimum atomic E-state index is -0.0359. The van der Waals surface area contributed by atoms with E-state index >= 15 is 0 Å². The molecule has 3 nitrogen and oxygen atoms in total. The van der Waals surface area contributed by atoms with Crippen molar-refractivity contribution in [3.8, 4) is 0 Å². The number of hydrogen-bond acceptors (Lipinski definition) is 2. The average molecular weight is 306 g/mol. The van der Waals surface area contributed by atoms with Crippen LogP contribution in [0.15, 0.2) is 24.5 Å². The molecule has 21 heavy (non-hydrogen) atoms.